The van der Waals surface area contributed by atoms with Crippen LogP contribution in [0.2, 0.25) is 0 Å². The minimum atomic E-state index is -3.59. The van der Waals surface area contributed by atoms with Crippen LogP contribution in [-0.2, 0) is 21.4 Å². The Morgan fingerprint density at radius 1 is 1.22 bits per heavy atom. The largest absolute Gasteiger partial charge is 0.481 e. The number of imidazole rings is 1. The lowest BCUT2D eigenvalue weighted by Crippen LogP contribution is -2.40. The number of amides is 1. The van der Waals surface area contributed by atoms with E-state index in [1.807, 2.05) is 24.6 Å². The summed E-state index contributed by atoms with van der Waals surface area (Å²) in [6, 6.07) is 6.02. The van der Waals surface area contributed by atoms with Crippen LogP contribution >= 0.6 is 0 Å². The second-order valence-electron chi connectivity index (χ2n) is 6.45. The second kappa shape index (κ2) is 9.52. The lowest BCUT2D eigenvalue weighted by atomic mass is 10.3. The van der Waals surface area contributed by atoms with Gasteiger partial charge < -0.3 is 14.6 Å². The number of nitrogens with zero attached hydrogens (tertiary/aromatic N) is 2. The van der Waals surface area contributed by atoms with Crippen molar-refractivity contribution in [3.8, 4) is 5.75 Å². The fourth-order valence-corrected chi connectivity index (χ4v) is 3.40. The predicted octanol–water partition coefficient (Wildman–Crippen LogP) is 1.54. The van der Waals surface area contributed by atoms with E-state index in [1.54, 1.807) is 31.6 Å². The molecule has 2 aromatic rings. The lowest BCUT2D eigenvalue weighted by Gasteiger charge is -2.16. The third-order valence-corrected chi connectivity index (χ3v) is 5.17. The molecule has 1 aromatic heterocycles. The third kappa shape index (κ3) is 6.69. The topological polar surface area (TPSA) is 102 Å². The molecular weight excluding hydrogens is 368 g/mol. The Balaban J connectivity index is 1.86. The standard InChI is InChI=1S/C18H26N4O4S/c1-14(2)21-18(23)15(3)26-16-5-7-17(8-6-16)27(24,25)20-9-4-11-22-12-10-19-13-22/h5-8,10,12-15,20H,4,9,11H2,1-3H3,(H,21,23)/t15-/m1/s1. The van der Waals surface area contributed by atoms with E-state index in [4.69, 9.17) is 4.74 Å². The summed E-state index contributed by atoms with van der Waals surface area (Å²) in [6.45, 7) is 6.39. The molecule has 9 heteroatoms. The van der Waals surface area contributed by atoms with Gasteiger partial charge in [0.1, 0.15) is 5.75 Å². The van der Waals surface area contributed by atoms with Crippen molar-refractivity contribution < 1.29 is 17.9 Å². The molecule has 0 saturated heterocycles. The second-order valence-corrected chi connectivity index (χ2v) is 8.21. The molecule has 1 aromatic carbocycles. The van der Waals surface area contributed by atoms with Crippen molar-refractivity contribution >= 4 is 15.9 Å². The Labute approximate surface area is 160 Å². The van der Waals surface area contributed by atoms with E-state index in [9.17, 15) is 13.2 Å². The first-order chi connectivity index (χ1) is 12.8. The van der Waals surface area contributed by atoms with Crippen molar-refractivity contribution in [1.29, 1.82) is 0 Å². The van der Waals surface area contributed by atoms with Gasteiger partial charge in [-0.2, -0.15) is 0 Å². The van der Waals surface area contributed by atoms with Gasteiger partial charge in [0.25, 0.3) is 5.91 Å². The van der Waals surface area contributed by atoms with E-state index in [0.717, 1.165) is 0 Å². The highest BCUT2D eigenvalue weighted by Gasteiger charge is 2.17. The molecule has 0 fully saturated rings. The van der Waals surface area contributed by atoms with E-state index in [2.05, 4.69) is 15.0 Å². The first-order valence-electron chi connectivity index (χ1n) is 8.80. The molecule has 2 rings (SSSR count). The molecule has 27 heavy (non-hydrogen) atoms. The zero-order valence-corrected chi connectivity index (χ0v) is 16.6. The van der Waals surface area contributed by atoms with Gasteiger partial charge in [0.15, 0.2) is 6.10 Å². The normalized spacial score (nSPS) is 12.7. The number of hydrogen-bond acceptors (Lipinski definition) is 5. The van der Waals surface area contributed by atoms with Crippen LogP contribution in [0.25, 0.3) is 0 Å². The number of hydrogen-bond donors (Lipinski definition) is 2. The molecule has 1 heterocycles. The number of aryl methyl sites for hydroxylation is 1. The van der Waals surface area contributed by atoms with Gasteiger partial charge in [0.2, 0.25) is 10.0 Å². The summed E-state index contributed by atoms with van der Waals surface area (Å²) in [7, 11) is -3.59. The van der Waals surface area contributed by atoms with Gasteiger partial charge in [0, 0.05) is 31.5 Å². The summed E-state index contributed by atoms with van der Waals surface area (Å²) >= 11 is 0. The van der Waals surface area contributed by atoms with Crippen LogP contribution in [0.5, 0.6) is 5.75 Å². The van der Waals surface area contributed by atoms with Gasteiger partial charge in [-0.15, -0.1) is 0 Å². The molecule has 0 aliphatic carbocycles. The van der Waals surface area contributed by atoms with Crippen molar-refractivity contribution in [2.24, 2.45) is 0 Å². The zero-order valence-electron chi connectivity index (χ0n) is 15.8. The van der Waals surface area contributed by atoms with Crippen LogP contribution in [0.1, 0.15) is 27.2 Å². The maximum atomic E-state index is 12.3. The van der Waals surface area contributed by atoms with Crippen molar-refractivity contribution in [3.05, 3.63) is 43.0 Å². The highest BCUT2D eigenvalue weighted by atomic mass is 32.2. The Morgan fingerprint density at radius 3 is 2.52 bits per heavy atom. The Bertz CT molecular complexity index is 818. The molecule has 0 aliphatic heterocycles. The number of carbonyl (C=O) groups excluding carboxylic acids is 1. The van der Waals surface area contributed by atoms with Crippen molar-refractivity contribution in [1.82, 2.24) is 19.6 Å². The molecule has 8 nitrogen and oxygen atoms in total. The van der Waals surface area contributed by atoms with E-state index in [1.165, 1.54) is 12.1 Å². The van der Waals surface area contributed by atoms with Crippen LogP contribution in [0.3, 0.4) is 0 Å². The number of sulfonamides is 1. The number of aromatic nitrogens is 2. The quantitative estimate of drug-likeness (QED) is 0.595. The number of ether oxygens (including phenoxy) is 1. The van der Waals surface area contributed by atoms with Crippen LogP contribution in [-0.4, -0.2) is 42.6 Å². The summed E-state index contributed by atoms with van der Waals surface area (Å²) in [4.78, 5) is 16.0. The molecule has 0 saturated carbocycles. The van der Waals surface area contributed by atoms with Gasteiger partial charge in [-0.3, -0.25) is 4.79 Å². The van der Waals surface area contributed by atoms with Gasteiger partial charge in [-0.25, -0.2) is 18.1 Å². The maximum Gasteiger partial charge on any atom is 0.260 e. The molecule has 1 amide bonds. The molecule has 1 atom stereocenters. The molecule has 0 unspecified atom stereocenters. The average molecular weight is 394 g/mol. The van der Waals surface area contributed by atoms with Gasteiger partial charge in [-0.1, -0.05) is 0 Å². The summed E-state index contributed by atoms with van der Waals surface area (Å²) in [6.07, 6.45) is 5.18. The predicted molar refractivity (Wildman–Crippen MR) is 102 cm³/mol. The molecule has 0 bridgehead atoms. The number of benzene rings is 1. The molecule has 0 radical (unpaired) electrons. The molecule has 148 valence electrons. The van der Waals surface area contributed by atoms with E-state index in [0.29, 0.717) is 25.3 Å². The van der Waals surface area contributed by atoms with E-state index < -0.39 is 16.1 Å². The Kier molecular flexibility index (Phi) is 7.37. The Morgan fingerprint density at radius 2 is 1.93 bits per heavy atom. The maximum absolute atomic E-state index is 12.3. The zero-order chi connectivity index (χ0) is 19.9. The summed E-state index contributed by atoms with van der Waals surface area (Å²) in [5.41, 5.74) is 0. The van der Waals surface area contributed by atoms with E-state index >= 15 is 0 Å². The summed E-state index contributed by atoms with van der Waals surface area (Å²) < 4.78 is 34.6. The molecule has 0 aliphatic rings. The highest BCUT2D eigenvalue weighted by Crippen LogP contribution is 2.17. The van der Waals surface area contributed by atoms with Crippen molar-refractivity contribution in [3.63, 3.8) is 0 Å². The van der Waals surface area contributed by atoms with E-state index in [-0.39, 0.29) is 16.8 Å². The number of rotatable bonds is 10. The summed E-state index contributed by atoms with van der Waals surface area (Å²) in [5, 5.41) is 2.76. The summed E-state index contributed by atoms with van der Waals surface area (Å²) in [5.74, 6) is 0.210. The van der Waals surface area contributed by atoms with Crippen LogP contribution in [0.4, 0.5) is 0 Å². The third-order valence-electron chi connectivity index (χ3n) is 3.69. The van der Waals surface area contributed by atoms with Gasteiger partial charge >= 0.3 is 0 Å². The van der Waals surface area contributed by atoms with Crippen LogP contribution in [0, 0.1) is 0 Å². The highest BCUT2D eigenvalue weighted by molar-refractivity contribution is 7.89. The average Bonchev–Trinajstić information content (AvgIpc) is 3.12. The monoisotopic (exact) mass is 394 g/mol. The van der Waals surface area contributed by atoms with Crippen molar-refractivity contribution in [2.75, 3.05) is 6.54 Å². The first kappa shape index (κ1) is 20.9. The molecule has 0 spiro atoms. The van der Waals surface area contributed by atoms with Crippen LogP contribution in [0.15, 0.2) is 47.9 Å². The fourth-order valence-electron chi connectivity index (χ4n) is 2.33. The van der Waals surface area contributed by atoms with Crippen LogP contribution < -0.4 is 14.8 Å². The number of carbonyl (C=O) groups is 1. The minimum absolute atomic E-state index is 0.0240. The Hall–Kier alpha value is -2.39. The molecular formula is C18H26N4O4S. The van der Waals surface area contributed by atoms with Gasteiger partial charge in [0.05, 0.1) is 11.2 Å². The SMILES string of the molecule is CC(C)NC(=O)[C@@H](C)Oc1ccc(S(=O)(=O)NCCCn2ccnc2)cc1. The van der Waals surface area contributed by atoms with Crippen molar-refractivity contribution in [2.45, 2.75) is 50.8 Å². The minimum Gasteiger partial charge on any atom is -0.481 e. The fraction of sp³-hybridized carbons (Fsp3) is 0.444. The lowest BCUT2D eigenvalue weighted by molar-refractivity contribution is -0.127. The smallest absolute Gasteiger partial charge is 0.260 e. The molecule has 2 N–H and O–H groups in total. The van der Waals surface area contributed by atoms with Gasteiger partial charge in [-0.05, 0) is 51.5 Å². The number of nitrogens with one attached hydrogen (secondary N) is 2. The first-order valence-corrected chi connectivity index (χ1v) is 10.3.